The van der Waals surface area contributed by atoms with Crippen molar-refractivity contribution in [3.8, 4) is 0 Å². The molecule has 0 saturated carbocycles. The SMILES string of the molecule is [B]C1(P)CN(C(C)C)CC1(F)F. The van der Waals surface area contributed by atoms with E-state index in [0.29, 0.717) is 0 Å². The van der Waals surface area contributed by atoms with Crippen LogP contribution in [0.5, 0.6) is 0 Å². The second-order valence-corrected chi connectivity index (χ2v) is 4.77. The first-order valence-electron chi connectivity index (χ1n) is 3.96. The summed E-state index contributed by atoms with van der Waals surface area (Å²) in [5.74, 6) is -2.79. The van der Waals surface area contributed by atoms with Gasteiger partial charge >= 0.3 is 0 Å². The molecule has 0 spiro atoms. The third kappa shape index (κ3) is 1.65. The van der Waals surface area contributed by atoms with Gasteiger partial charge in [0.1, 0.15) is 0 Å². The van der Waals surface area contributed by atoms with Crippen LogP contribution in [0.4, 0.5) is 8.78 Å². The standard InChI is InChI=1S/C7H13BF2NP/c1-5(2)11-3-6(8,12)7(9,10)4-11/h5H,3-4,12H2,1-2H3. The zero-order chi connectivity index (χ0) is 9.57. The van der Waals surface area contributed by atoms with Crippen LogP contribution in [0, 0.1) is 0 Å². The van der Waals surface area contributed by atoms with E-state index in [1.165, 1.54) is 0 Å². The first-order valence-corrected chi connectivity index (χ1v) is 4.54. The minimum atomic E-state index is -2.79. The maximum Gasteiger partial charge on any atom is 0.262 e. The van der Waals surface area contributed by atoms with Gasteiger partial charge in [-0.1, -0.05) is 0 Å². The third-order valence-electron chi connectivity index (χ3n) is 2.28. The molecule has 1 aliphatic heterocycles. The van der Waals surface area contributed by atoms with E-state index in [1.54, 1.807) is 4.90 Å². The van der Waals surface area contributed by atoms with Crippen LogP contribution in [0.25, 0.3) is 0 Å². The van der Waals surface area contributed by atoms with Gasteiger partial charge in [0.25, 0.3) is 5.92 Å². The summed E-state index contributed by atoms with van der Waals surface area (Å²) in [5.41, 5.74) is 0. The van der Waals surface area contributed by atoms with Crippen LogP contribution in [-0.2, 0) is 0 Å². The Morgan fingerprint density at radius 1 is 1.42 bits per heavy atom. The molecule has 0 N–H and O–H groups in total. The van der Waals surface area contributed by atoms with Crippen LogP contribution in [-0.4, -0.2) is 42.9 Å². The molecular formula is C7H13BF2NP. The van der Waals surface area contributed by atoms with Gasteiger partial charge in [0.2, 0.25) is 0 Å². The van der Waals surface area contributed by atoms with Crippen molar-refractivity contribution in [2.75, 3.05) is 13.1 Å². The Bertz CT molecular complexity index is 168. The van der Waals surface area contributed by atoms with Crippen molar-refractivity contribution in [2.45, 2.75) is 30.9 Å². The van der Waals surface area contributed by atoms with Gasteiger partial charge in [0.15, 0.2) is 0 Å². The van der Waals surface area contributed by atoms with Crippen molar-refractivity contribution in [1.82, 2.24) is 4.90 Å². The number of hydrogen-bond donors (Lipinski definition) is 0. The van der Waals surface area contributed by atoms with E-state index in [0.717, 1.165) is 0 Å². The molecule has 0 bridgehead atoms. The molecule has 68 valence electrons. The molecule has 2 unspecified atom stereocenters. The van der Waals surface area contributed by atoms with Gasteiger partial charge < -0.3 is 0 Å². The van der Waals surface area contributed by atoms with E-state index < -0.39 is 11.0 Å². The highest BCUT2D eigenvalue weighted by Crippen LogP contribution is 2.41. The fraction of sp³-hybridized carbons (Fsp3) is 1.00. The Labute approximate surface area is 75.5 Å². The van der Waals surface area contributed by atoms with Crippen LogP contribution >= 0.6 is 9.24 Å². The van der Waals surface area contributed by atoms with E-state index in [2.05, 4.69) is 9.24 Å². The highest BCUT2D eigenvalue weighted by molar-refractivity contribution is 7.22. The molecule has 0 aliphatic carbocycles. The van der Waals surface area contributed by atoms with E-state index in [-0.39, 0.29) is 19.1 Å². The molecule has 0 amide bonds. The van der Waals surface area contributed by atoms with Gasteiger partial charge in [-0.25, -0.2) is 8.78 Å². The summed E-state index contributed by atoms with van der Waals surface area (Å²) in [6.07, 6.45) is 0. The normalized spacial score (nSPS) is 36.2. The van der Waals surface area contributed by atoms with Crippen molar-refractivity contribution in [1.29, 1.82) is 0 Å². The summed E-state index contributed by atoms with van der Waals surface area (Å²) < 4.78 is 26.3. The molecule has 2 radical (unpaired) electrons. The number of alkyl halides is 2. The molecule has 1 fully saturated rings. The van der Waals surface area contributed by atoms with Gasteiger partial charge in [-0.2, -0.15) is 0 Å². The highest BCUT2D eigenvalue weighted by atomic mass is 31.0. The van der Waals surface area contributed by atoms with Gasteiger partial charge in [-0.05, 0) is 13.8 Å². The summed E-state index contributed by atoms with van der Waals surface area (Å²) in [6.45, 7) is 3.79. The third-order valence-corrected chi connectivity index (χ3v) is 2.88. The molecule has 0 aromatic rings. The summed E-state index contributed by atoms with van der Waals surface area (Å²) in [4.78, 5) is 1.69. The Morgan fingerprint density at radius 2 is 1.92 bits per heavy atom. The largest absolute Gasteiger partial charge is 0.295 e. The number of nitrogens with zero attached hydrogens (tertiary/aromatic N) is 1. The lowest BCUT2D eigenvalue weighted by Gasteiger charge is -2.25. The van der Waals surface area contributed by atoms with Crippen LogP contribution < -0.4 is 0 Å². The van der Waals surface area contributed by atoms with E-state index >= 15 is 0 Å². The summed E-state index contributed by atoms with van der Waals surface area (Å²) >= 11 is 0. The Balaban J connectivity index is 2.74. The van der Waals surface area contributed by atoms with E-state index in [9.17, 15) is 8.78 Å². The number of rotatable bonds is 1. The van der Waals surface area contributed by atoms with Gasteiger partial charge in [-0.3, -0.25) is 4.90 Å². The first-order chi connectivity index (χ1) is 5.26. The monoisotopic (exact) mass is 191 g/mol. The van der Waals surface area contributed by atoms with Crippen molar-refractivity contribution in [3.63, 3.8) is 0 Å². The lowest BCUT2D eigenvalue weighted by Crippen LogP contribution is -2.41. The topological polar surface area (TPSA) is 3.24 Å². The lowest BCUT2D eigenvalue weighted by atomic mass is 9.82. The number of halogens is 2. The van der Waals surface area contributed by atoms with Crippen LogP contribution in [0.2, 0.25) is 0 Å². The van der Waals surface area contributed by atoms with Crippen molar-refractivity contribution < 1.29 is 8.78 Å². The maximum absolute atomic E-state index is 13.1. The fourth-order valence-electron chi connectivity index (χ4n) is 1.28. The minimum absolute atomic E-state index is 0.127. The molecule has 5 heteroatoms. The Hall–Kier alpha value is 0.315. The highest BCUT2D eigenvalue weighted by Gasteiger charge is 2.53. The summed E-state index contributed by atoms with van der Waals surface area (Å²) in [6, 6.07) is 0.127. The minimum Gasteiger partial charge on any atom is -0.295 e. The van der Waals surface area contributed by atoms with Crippen molar-refractivity contribution in [2.24, 2.45) is 0 Å². The van der Waals surface area contributed by atoms with Crippen LogP contribution in [0.3, 0.4) is 0 Å². The molecule has 1 saturated heterocycles. The molecule has 12 heavy (non-hydrogen) atoms. The average Bonchev–Trinajstić information content (AvgIpc) is 2.03. The van der Waals surface area contributed by atoms with E-state index in [1.807, 2.05) is 13.8 Å². The van der Waals surface area contributed by atoms with E-state index in [4.69, 9.17) is 7.85 Å². The van der Waals surface area contributed by atoms with Crippen LogP contribution in [0.15, 0.2) is 0 Å². The maximum atomic E-state index is 13.1. The van der Waals surface area contributed by atoms with Gasteiger partial charge in [-0.15, -0.1) is 9.24 Å². The number of hydrogen-bond acceptors (Lipinski definition) is 1. The van der Waals surface area contributed by atoms with Gasteiger partial charge in [0, 0.05) is 17.6 Å². The zero-order valence-corrected chi connectivity index (χ0v) is 8.50. The second-order valence-electron chi connectivity index (χ2n) is 3.74. The lowest BCUT2D eigenvalue weighted by molar-refractivity contribution is 0.00432. The predicted octanol–water partition coefficient (Wildman–Crippen LogP) is 1.09. The van der Waals surface area contributed by atoms with Crippen molar-refractivity contribution >= 4 is 17.1 Å². The molecular weight excluding hydrogens is 178 g/mol. The van der Waals surface area contributed by atoms with Gasteiger partial charge in [0.05, 0.1) is 14.4 Å². The Morgan fingerprint density at radius 3 is 2.08 bits per heavy atom. The molecule has 1 rings (SSSR count). The number of likely N-dealkylation sites (tertiary alicyclic amines) is 1. The molecule has 1 heterocycles. The zero-order valence-electron chi connectivity index (χ0n) is 7.35. The molecule has 2 atom stereocenters. The molecule has 1 nitrogen and oxygen atoms in total. The smallest absolute Gasteiger partial charge is 0.262 e. The quantitative estimate of drug-likeness (QED) is 0.442. The fourth-order valence-corrected chi connectivity index (χ4v) is 1.60. The second kappa shape index (κ2) is 2.92. The molecule has 0 aromatic carbocycles. The average molecular weight is 191 g/mol. The Kier molecular flexibility index (Phi) is 2.53. The summed E-state index contributed by atoms with van der Waals surface area (Å²) in [7, 11) is 7.51. The molecule has 0 aromatic heterocycles. The van der Waals surface area contributed by atoms with Crippen LogP contribution in [0.1, 0.15) is 13.8 Å². The first kappa shape index (κ1) is 10.4. The van der Waals surface area contributed by atoms with Crippen molar-refractivity contribution in [3.05, 3.63) is 0 Å². The molecule has 1 aliphatic rings. The summed E-state index contributed by atoms with van der Waals surface area (Å²) in [5, 5.41) is -1.45. The predicted molar refractivity (Wildman–Crippen MR) is 49.9 cm³/mol.